The Hall–Kier alpha value is -3.43. The van der Waals surface area contributed by atoms with Gasteiger partial charge >= 0.3 is 5.97 Å². The van der Waals surface area contributed by atoms with Crippen molar-refractivity contribution in [2.45, 2.75) is 0 Å². The number of aromatic carboxylic acids is 1. The Morgan fingerprint density at radius 2 is 1.90 bits per heavy atom. The van der Waals surface area contributed by atoms with E-state index in [9.17, 15) is 23.5 Å². The molecule has 0 aliphatic carbocycles. The second kappa shape index (κ2) is 7.77. The molecule has 4 rings (SSSR count). The number of hydrogen-bond donors (Lipinski definition) is 3. The van der Waals surface area contributed by atoms with Gasteiger partial charge in [-0.2, -0.15) is 0 Å². The van der Waals surface area contributed by atoms with E-state index in [-0.39, 0.29) is 28.4 Å². The molecule has 3 aromatic rings. The van der Waals surface area contributed by atoms with Gasteiger partial charge in [-0.1, -0.05) is 23.7 Å². The van der Waals surface area contributed by atoms with E-state index in [1.807, 2.05) is 0 Å². The molecular formula is C20H11ClF2N2O4S. The van der Waals surface area contributed by atoms with E-state index in [1.54, 1.807) is 24.3 Å². The first-order valence-corrected chi connectivity index (χ1v) is 9.65. The van der Waals surface area contributed by atoms with Crippen LogP contribution in [0, 0.1) is 11.6 Å². The zero-order valence-corrected chi connectivity index (χ0v) is 16.4. The first kappa shape index (κ1) is 19.9. The number of hydrogen-bond acceptors (Lipinski definition) is 5. The van der Waals surface area contributed by atoms with Gasteiger partial charge in [0, 0.05) is 22.5 Å². The summed E-state index contributed by atoms with van der Waals surface area (Å²) < 4.78 is 32.5. The molecule has 1 amide bonds. The van der Waals surface area contributed by atoms with Crippen molar-refractivity contribution in [1.82, 2.24) is 0 Å². The van der Waals surface area contributed by atoms with Gasteiger partial charge in [-0.3, -0.25) is 4.79 Å². The number of benzene rings is 2. The number of carboxylic acids is 1. The first-order chi connectivity index (χ1) is 14.3. The average molecular weight is 449 g/mol. The van der Waals surface area contributed by atoms with Crippen LogP contribution in [-0.2, 0) is 4.79 Å². The fraction of sp³-hybridized carbons (Fsp3) is 0. The summed E-state index contributed by atoms with van der Waals surface area (Å²) in [5, 5.41) is 16.6. The summed E-state index contributed by atoms with van der Waals surface area (Å²) in [6.07, 6.45) is 1.10. The highest BCUT2D eigenvalue weighted by Crippen LogP contribution is 2.37. The van der Waals surface area contributed by atoms with Crippen LogP contribution >= 0.6 is 22.9 Å². The summed E-state index contributed by atoms with van der Waals surface area (Å²) in [5.41, 5.74) is 0.470. The Morgan fingerprint density at radius 1 is 1.17 bits per heavy atom. The van der Waals surface area contributed by atoms with Crippen LogP contribution in [0.15, 0.2) is 53.7 Å². The minimum atomic E-state index is -1.23. The minimum Gasteiger partial charge on any atom is -0.478 e. The van der Waals surface area contributed by atoms with E-state index in [0.717, 1.165) is 23.6 Å². The summed E-state index contributed by atoms with van der Waals surface area (Å²) in [5.74, 6) is -4.26. The summed E-state index contributed by atoms with van der Waals surface area (Å²) >= 11 is 7.00. The predicted molar refractivity (Wildman–Crippen MR) is 109 cm³/mol. The monoisotopic (exact) mass is 448 g/mol. The van der Waals surface area contributed by atoms with E-state index >= 15 is 0 Å². The molecule has 30 heavy (non-hydrogen) atoms. The van der Waals surface area contributed by atoms with Crippen LogP contribution in [-0.4, -0.2) is 17.0 Å². The number of carbonyl (C=O) groups is 2. The molecule has 0 atom stereocenters. The molecular weight excluding hydrogens is 438 g/mol. The third kappa shape index (κ3) is 3.72. The van der Waals surface area contributed by atoms with Crippen LogP contribution in [0.5, 0.6) is 5.75 Å². The number of rotatable bonds is 4. The lowest BCUT2D eigenvalue weighted by atomic mass is 10.1. The van der Waals surface area contributed by atoms with Gasteiger partial charge < -0.3 is 20.5 Å². The Kier molecular flexibility index (Phi) is 5.15. The zero-order chi connectivity index (χ0) is 21.4. The summed E-state index contributed by atoms with van der Waals surface area (Å²) in [6.45, 7) is 0. The maximum Gasteiger partial charge on any atom is 0.339 e. The topological polar surface area (TPSA) is 87.7 Å². The molecule has 0 saturated carbocycles. The van der Waals surface area contributed by atoms with Gasteiger partial charge in [0.25, 0.3) is 5.91 Å². The fourth-order valence-corrected chi connectivity index (χ4v) is 3.95. The van der Waals surface area contributed by atoms with Crippen LogP contribution in [0.25, 0.3) is 10.4 Å². The second-order valence-corrected chi connectivity index (χ2v) is 7.45. The van der Waals surface area contributed by atoms with Crippen molar-refractivity contribution in [1.29, 1.82) is 0 Å². The average Bonchev–Trinajstić information content (AvgIpc) is 3.11. The maximum absolute atomic E-state index is 13.8. The molecule has 0 spiro atoms. The molecule has 1 aliphatic heterocycles. The van der Waals surface area contributed by atoms with Crippen molar-refractivity contribution in [2.24, 2.45) is 0 Å². The number of fused-ring (bicyclic) bond motifs is 1. The largest absolute Gasteiger partial charge is 0.478 e. The third-order valence-corrected chi connectivity index (χ3v) is 5.45. The van der Waals surface area contributed by atoms with E-state index in [4.69, 9.17) is 16.3 Å². The Balaban J connectivity index is 1.60. The third-order valence-electron chi connectivity index (χ3n) is 4.17. The molecule has 1 aromatic heterocycles. The quantitative estimate of drug-likeness (QED) is 0.502. The van der Waals surface area contributed by atoms with E-state index in [1.165, 1.54) is 5.38 Å². The molecule has 1 aliphatic rings. The molecule has 10 heteroatoms. The van der Waals surface area contributed by atoms with Gasteiger partial charge in [0.15, 0.2) is 11.6 Å². The highest BCUT2D eigenvalue weighted by Gasteiger charge is 2.25. The van der Waals surface area contributed by atoms with Crippen LogP contribution in [0.3, 0.4) is 0 Å². The molecule has 152 valence electrons. The van der Waals surface area contributed by atoms with Crippen LogP contribution in [0.4, 0.5) is 20.2 Å². The number of amides is 1. The van der Waals surface area contributed by atoms with E-state index in [2.05, 4.69) is 10.6 Å². The van der Waals surface area contributed by atoms with Gasteiger partial charge in [-0.25, -0.2) is 13.6 Å². The van der Waals surface area contributed by atoms with E-state index < -0.39 is 23.5 Å². The van der Waals surface area contributed by atoms with Gasteiger partial charge in [-0.05, 0) is 17.7 Å². The standard InChI is InChI=1S/C20H11ClF2N2O4S/c21-10-3-1-9(2-4-10)18-16(20(27)28)13(8-30-18)25-19(26)15-7-24-17-12(23)5-11(22)6-14(17)29-15/h1-8,24H,(H,25,26)(H,27,28). The molecule has 0 saturated heterocycles. The number of ether oxygens (including phenoxy) is 1. The van der Waals surface area contributed by atoms with Crippen molar-refractivity contribution in [3.63, 3.8) is 0 Å². The van der Waals surface area contributed by atoms with Crippen molar-refractivity contribution in [3.05, 3.63) is 76.0 Å². The van der Waals surface area contributed by atoms with Crippen LogP contribution < -0.4 is 15.4 Å². The number of carbonyl (C=O) groups excluding carboxylic acids is 1. The lowest BCUT2D eigenvalue weighted by molar-refractivity contribution is -0.114. The smallest absolute Gasteiger partial charge is 0.339 e. The lowest BCUT2D eigenvalue weighted by Gasteiger charge is -2.19. The minimum absolute atomic E-state index is 0.0585. The van der Waals surface area contributed by atoms with Gasteiger partial charge in [0.2, 0.25) is 5.76 Å². The van der Waals surface area contributed by atoms with Gasteiger partial charge in [0.1, 0.15) is 17.1 Å². The Labute approximate surface area is 177 Å². The summed E-state index contributed by atoms with van der Waals surface area (Å²) in [4.78, 5) is 24.8. The highest BCUT2D eigenvalue weighted by atomic mass is 35.5. The number of thiophene rings is 1. The predicted octanol–water partition coefficient (Wildman–Crippen LogP) is 5.33. The summed E-state index contributed by atoms with van der Waals surface area (Å²) in [7, 11) is 0. The van der Waals surface area contributed by atoms with Crippen molar-refractivity contribution < 1.29 is 28.2 Å². The number of halogens is 3. The fourth-order valence-electron chi connectivity index (χ4n) is 2.83. The lowest BCUT2D eigenvalue weighted by Crippen LogP contribution is -2.23. The van der Waals surface area contributed by atoms with Crippen molar-refractivity contribution in [3.8, 4) is 16.2 Å². The molecule has 3 N–H and O–H groups in total. The Morgan fingerprint density at radius 3 is 2.60 bits per heavy atom. The molecule has 6 nitrogen and oxygen atoms in total. The van der Waals surface area contributed by atoms with Crippen molar-refractivity contribution >= 4 is 46.2 Å². The first-order valence-electron chi connectivity index (χ1n) is 8.39. The Bertz CT molecular complexity index is 1210. The SMILES string of the molecule is O=C(Nc1csc(-c2ccc(Cl)cc2)c1C(=O)O)C1=CNc2c(F)cc(F)cc2O1. The number of nitrogens with one attached hydrogen (secondary N) is 2. The molecule has 0 fully saturated rings. The van der Waals surface area contributed by atoms with Gasteiger partial charge in [0.05, 0.1) is 16.8 Å². The van der Waals surface area contributed by atoms with Crippen molar-refractivity contribution in [2.75, 3.05) is 10.6 Å². The number of anilines is 2. The maximum atomic E-state index is 13.8. The van der Waals surface area contributed by atoms with E-state index in [0.29, 0.717) is 21.5 Å². The second-order valence-electron chi connectivity index (χ2n) is 6.14. The van der Waals surface area contributed by atoms with Gasteiger partial charge in [-0.15, -0.1) is 11.3 Å². The normalized spacial score (nSPS) is 12.3. The highest BCUT2D eigenvalue weighted by molar-refractivity contribution is 7.14. The zero-order valence-electron chi connectivity index (χ0n) is 14.8. The van der Waals surface area contributed by atoms with Crippen LogP contribution in [0.1, 0.15) is 10.4 Å². The molecule has 2 heterocycles. The molecule has 0 unspecified atom stereocenters. The summed E-state index contributed by atoms with van der Waals surface area (Å²) in [6, 6.07) is 8.20. The number of carboxylic acid groups (broad SMARTS) is 1. The molecule has 0 radical (unpaired) electrons. The van der Waals surface area contributed by atoms with Crippen LogP contribution in [0.2, 0.25) is 5.02 Å². The molecule has 0 bridgehead atoms. The molecule has 2 aromatic carbocycles.